The summed E-state index contributed by atoms with van der Waals surface area (Å²) in [6, 6.07) is 0. The first-order valence-corrected chi connectivity index (χ1v) is 4.62. The number of aliphatic hydroxyl groups excluding tert-OH is 1. The standard InChI is InChI=1S/C6H14INO/c1-6(9)5-8(2)4-3-7/h6,9H,3-5H2,1-2H3. The highest BCUT2D eigenvalue weighted by Gasteiger charge is 1.99. The summed E-state index contributed by atoms with van der Waals surface area (Å²) < 4.78 is 1.13. The van der Waals surface area contributed by atoms with Crippen LogP contribution in [-0.4, -0.2) is 40.7 Å². The van der Waals surface area contributed by atoms with Crippen LogP contribution < -0.4 is 0 Å². The summed E-state index contributed by atoms with van der Waals surface area (Å²) in [6.07, 6.45) is -0.196. The molecular weight excluding hydrogens is 229 g/mol. The fraction of sp³-hybridized carbons (Fsp3) is 1.00. The molecule has 0 heterocycles. The molecular formula is C6H14INO. The van der Waals surface area contributed by atoms with Crippen LogP contribution in [-0.2, 0) is 0 Å². The number of nitrogens with zero attached hydrogens (tertiary/aromatic N) is 1. The van der Waals surface area contributed by atoms with E-state index >= 15 is 0 Å². The van der Waals surface area contributed by atoms with Gasteiger partial charge >= 0.3 is 0 Å². The molecule has 0 amide bonds. The molecule has 1 N–H and O–H groups in total. The highest BCUT2D eigenvalue weighted by Crippen LogP contribution is 1.89. The fourth-order valence-corrected chi connectivity index (χ4v) is 1.51. The van der Waals surface area contributed by atoms with Gasteiger partial charge in [0.15, 0.2) is 0 Å². The molecule has 0 bridgehead atoms. The third-order valence-corrected chi connectivity index (χ3v) is 1.52. The Hall–Kier alpha value is 0.650. The Balaban J connectivity index is 3.15. The average Bonchev–Trinajstić information content (AvgIpc) is 1.63. The summed E-state index contributed by atoms with van der Waals surface area (Å²) in [6.45, 7) is 3.65. The molecule has 0 aliphatic heterocycles. The fourth-order valence-electron chi connectivity index (χ4n) is 0.687. The van der Waals surface area contributed by atoms with Gasteiger partial charge in [0.25, 0.3) is 0 Å². The van der Waals surface area contributed by atoms with E-state index in [9.17, 15) is 0 Å². The average molecular weight is 243 g/mol. The molecule has 0 aliphatic rings. The van der Waals surface area contributed by atoms with E-state index in [1.54, 1.807) is 0 Å². The number of aliphatic hydroxyl groups is 1. The smallest absolute Gasteiger partial charge is 0.0638 e. The molecule has 0 saturated heterocycles. The van der Waals surface area contributed by atoms with E-state index in [0.29, 0.717) is 0 Å². The second-order valence-corrected chi connectivity index (χ2v) is 3.38. The molecule has 1 atom stereocenters. The van der Waals surface area contributed by atoms with Gasteiger partial charge < -0.3 is 10.0 Å². The summed E-state index contributed by atoms with van der Waals surface area (Å²) in [4.78, 5) is 2.12. The zero-order chi connectivity index (χ0) is 7.28. The maximum atomic E-state index is 8.91. The Morgan fingerprint density at radius 3 is 2.56 bits per heavy atom. The number of halogens is 1. The van der Waals surface area contributed by atoms with Gasteiger partial charge in [0.05, 0.1) is 6.10 Å². The van der Waals surface area contributed by atoms with Crippen LogP contribution in [0.4, 0.5) is 0 Å². The molecule has 0 fully saturated rings. The van der Waals surface area contributed by atoms with Crippen molar-refractivity contribution in [2.45, 2.75) is 13.0 Å². The van der Waals surface area contributed by atoms with Crippen LogP contribution in [0.2, 0.25) is 0 Å². The first-order valence-electron chi connectivity index (χ1n) is 3.09. The van der Waals surface area contributed by atoms with Crippen molar-refractivity contribution in [1.82, 2.24) is 4.90 Å². The normalized spacial score (nSPS) is 14.3. The SMILES string of the molecule is CC(O)CN(C)CCI. The van der Waals surface area contributed by atoms with E-state index in [1.165, 1.54) is 0 Å². The Bertz CT molecular complexity index is 68.1. The minimum absolute atomic E-state index is 0.196. The number of rotatable bonds is 4. The lowest BCUT2D eigenvalue weighted by Crippen LogP contribution is -2.28. The Morgan fingerprint density at radius 2 is 2.22 bits per heavy atom. The van der Waals surface area contributed by atoms with E-state index in [0.717, 1.165) is 17.5 Å². The molecule has 0 saturated carbocycles. The molecule has 9 heavy (non-hydrogen) atoms. The lowest BCUT2D eigenvalue weighted by Gasteiger charge is -2.16. The molecule has 3 heteroatoms. The van der Waals surface area contributed by atoms with E-state index in [1.807, 2.05) is 14.0 Å². The molecule has 56 valence electrons. The summed E-state index contributed by atoms with van der Waals surface area (Å²) in [5, 5.41) is 8.91. The van der Waals surface area contributed by atoms with Crippen LogP contribution in [0.3, 0.4) is 0 Å². The number of likely N-dealkylation sites (N-methyl/N-ethyl adjacent to an activating group) is 1. The summed E-state index contributed by atoms with van der Waals surface area (Å²) in [5.41, 5.74) is 0. The number of hydrogen-bond acceptors (Lipinski definition) is 2. The van der Waals surface area contributed by atoms with Crippen molar-refractivity contribution in [3.8, 4) is 0 Å². The molecule has 0 spiro atoms. The lowest BCUT2D eigenvalue weighted by atomic mass is 10.4. The number of alkyl halides is 1. The van der Waals surface area contributed by atoms with Gasteiger partial charge in [-0.1, -0.05) is 22.6 Å². The van der Waals surface area contributed by atoms with Gasteiger partial charge in [0.1, 0.15) is 0 Å². The predicted molar refractivity (Wildman–Crippen MR) is 48.1 cm³/mol. The Kier molecular flexibility index (Phi) is 5.83. The van der Waals surface area contributed by atoms with Crippen LogP contribution in [0.1, 0.15) is 6.92 Å². The quantitative estimate of drug-likeness (QED) is 0.581. The van der Waals surface area contributed by atoms with Crippen molar-refractivity contribution in [2.24, 2.45) is 0 Å². The largest absolute Gasteiger partial charge is 0.392 e. The van der Waals surface area contributed by atoms with Gasteiger partial charge in [-0.05, 0) is 14.0 Å². The van der Waals surface area contributed by atoms with Crippen LogP contribution in [0, 0.1) is 0 Å². The lowest BCUT2D eigenvalue weighted by molar-refractivity contribution is 0.145. The van der Waals surface area contributed by atoms with Crippen LogP contribution in [0.5, 0.6) is 0 Å². The molecule has 0 rings (SSSR count). The molecule has 0 aromatic rings. The second kappa shape index (κ2) is 5.44. The van der Waals surface area contributed by atoms with Crippen molar-refractivity contribution >= 4 is 22.6 Å². The summed E-state index contributed by atoms with van der Waals surface area (Å²) >= 11 is 2.33. The monoisotopic (exact) mass is 243 g/mol. The minimum Gasteiger partial charge on any atom is -0.392 e. The molecule has 2 nitrogen and oxygen atoms in total. The van der Waals surface area contributed by atoms with Crippen molar-refractivity contribution in [3.05, 3.63) is 0 Å². The van der Waals surface area contributed by atoms with E-state index in [4.69, 9.17) is 5.11 Å². The number of hydrogen-bond donors (Lipinski definition) is 1. The van der Waals surface area contributed by atoms with E-state index < -0.39 is 0 Å². The maximum Gasteiger partial charge on any atom is 0.0638 e. The Morgan fingerprint density at radius 1 is 1.67 bits per heavy atom. The van der Waals surface area contributed by atoms with Crippen LogP contribution >= 0.6 is 22.6 Å². The second-order valence-electron chi connectivity index (χ2n) is 2.30. The third kappa shape index (κ3) is 6.54. The maximum absolute atomic E-state index is 8.91. The zero-order valence-corrected chi connectivity index (χ0v) is 8.13. The van der Waals surface area contributed by atoms with Gasteiger partial charge in [-0.25, -0.2) is 0 Å². The zero-order valence-electron chi connectivity index (χ0n) is 5.97. The van der Waals surface area contributed by atoms with Gasteiger partial charge in [-0.2, -0.15) is 0 Å². The van der Waals surface area contributed by atoms with Crippen molar-refractivity contribution in [2.75, 3.05) is 24.6 Å². The van der Waals surface area contributed by atoms with Gasteiger partial charge in [-0.3, -0.25) is 0 Å². The van der Waals surface area contributed by atoms with Gasteiger partial charge in [0, 0.05) is 17.5 Å². The van der Waals surface area contributed by atoms with E-state index in [-0.39, 0.29) is 6.10 Å². The summed E-state index contributed by atoms with van der Waals surface area (Å²) in [7, 11) is 2.02. The topological polar surface area (TPSA) is 23.5 Å². The highest BCUT2D eigenvalue weighted by molar-refractivity contribution is 14.1. The molecule has 0 aliphatic carbocycles. The Labute approximate surface area is 70.4 Å². The van der Waals surface area contributed by atoms with Gasteiger partial charge in [0.2, 0.25) is 0 Å². The molecule has 0 aromatic heterocycles. The summed E-state index contributed by atoms with van der Waals surface area (Å²) in [5.74, 6) is 0. The van der Waals surface area contributed by atoms with Crippen LogP contribution in [0.15, 0.2) is 0 Å². The minimum atomic E-state index is -0.196. The highest BCUT2D eigenvalue weighted by atomic mass is 127. The molecule has 0 aromatic carbocycles. The van der Waals surface area contributed by atoms with E-state index in [2.05, 4.69) is 27.5 Å². The van der Waals surface area contributed by atoms with Gasteiger partial charge in [-0.15, -0.1) is 0 Å². The predicted octanol–water partition coefficient (Wildman–Crippen LogP) is 0.734. The molecule has 1 unspecified atom stereocenters. The molecule has 0 radical (unpaired) electrons. The van der Waals surface area contributed by atoms with Crippen molar-refractivity contribution < 1.29 is 5.11 Å². The van der Waals surface area contributed by atoms with Crippen molar-refractivity contribution in [1.29, 1.82) is 0 Å². The third-order valence-electron chi connectivity index (χ3n) is 1.04. The van der Waals surface area contributed by atoms with Crippen molar-refractivity contribution in [3.63, 3.8) is 0 Å². The first-order chi connectivity index (χ1) is 4.16. The van der Waals surface area contributed by atoms with Crippen LogP contribution in [0.25, 0.3) is 0 Å². The first kappa shape index (κ1) is 9.65.